The SMILES string of the molecule is OC1OC2CCC(C2)C1O. The van der Waals surface area contributed by atoms with Crippen LogP contribution >= 0.6 is 0 Å². The van der Waals surface area contributed by atoms with E-state index in [0.717, 1.165) is 19.3 Å². The summed E-state index contributed by atoms with van der Waals surface area (Å²) in [7, 11) is 0. The second-order valence-corrected chi connectivity index (χ2v) is 3.21. The van der Waals surface area contributed by atoms with Crippen molar-refractivity contribution in [1.29, 1.82) is 0 Å². The summed E-state index contributed by atoms with van der Waals surface area (Å²) in [4.78, 5) is 0. The van der Waals surface area contributed by atoms with Crippen molar-refractivity contribution in [2.45, 2.75) is 37.8 Å². The first kappa shape index (κ1) is 6.58. The van der Waals surface area contributed by atoms with E-state index in [0.29, 0.717) is 0 Å². The Morgan fingerprint density at radius 1 is 1.20 bits per heavy atom. The molecular weight excluding hydrogens is 132 g/mol. The lowest BCUT2D eigenvalue weighted by Gasteiger charge is -2.29. The van der Waals surface area contributed by atoms with Gasteiger partial charge >= 0.3 is 0 Å². The molecule has 1 aliphatic carbocycles. The highest BCUT2D eigenvalue weighted by molar-refractivity contribution is 4.87. The number of ether oxygens (including phenoxy) is 1. The predicted octanol–water partition coefficient (Wildman–Crippen LogP) is -0.135. The molecule has 3 heteroatoms. The van der Waals surface area contributed by atoms with Crippen molar-refractivity contribution in [2.75, 3.05) is 0 Å². The van der Waals surface area contributed by atoms with Crippen LogP contribution in [-0.2, 0) is 4.74 Å². The summed E-state index contributed by atoms with van der Waals surface area (Å²) in [5.74, 6) is 0.286. The zero-order valence-electron chi connectivity index (χ0n) is 5.73. The lowest BCUT2D eigenvalue weighted by atomic mass is 9.99. The molecule has 4 atom stereocenters. The average molecular weight is 144 g/mol. The molecule has 2 bridgehead atoms. The van der Waals surface area contributed by atoms with Crippen molar-refractivity contribution < 1.29 is 14.9 Å². The van der Waals surface area contributed by atoms with E-state index in [9.17, 15) is 5.11 Å². The molecule has 10 heavy (non-hydrogen) atoms. The van der Waals surface area contributed by atoms with Gasteiger partial charge in [-0.3, -0.25) is 0 Å². The van der Waals surface area contributed by atoms with Gasteiger partial charge in [0.25, 0.3) is 0 Å². The molecule has 0 amide bonds. The third-order valence-electron chi connectivity index (χ3n) is 2.53. The maximum atomic E-state index is 9.29. The minimum absolute atomic E-state index is 0.211. The molecule has 1 heterocycles. The van der Waals surface area contributed by atoms with Crippen molar-refractivity contribution in [3.63, 3.8) is 0 Å². The topological polar surface area (TPSA) is 49.7 Å². The number of hydrogen-bond donors (Lipinski definition) is 2. The fourth-order valence-corrected chi connectivity index (χ4v) is 1.92. The standard InChI is InChI=1S/C7H12O3/c8-6-4-1-2-5(3-4)10-7(6)9/h4-9H,1-3H2. The van der Waals surface area contributed by atoms with E-state index in [2.05, 4.69) is 0 Å². The number of aliphatic hydroxyl groups is 2. The lowest BCUT2D eigenvalue weighted by Crippen LogP contribution is -2.40. The Morgan fingerprint density at radius 3 is 2.80 bits per heavy atom. The summed E-state index contributed by atoms with van der Waals surface area (Å²) in [5, 5.41) is 18.4. The van der Waals surface area contributed by atoms with Crippen LogP contribution in [0.1, 0.15) is 19.3 Å². The van der Waals surface area contributed by atoms with Gasteiger partial charge in [0.15, 0.2) is 6.29 Å². The lowest BCUT2D eigenvalue weighted by molar-refractivity contribution is -0.216. The van der Waals surface area contributed by atoms with Crippen LogP contribution in [0.4, 0.5) is 0 Å². The summed E-state index contributed by atoms with van der Waals surface area (Å²) in [6.07, 6.45) is 1.58. The molecule has 4 unspecified atom stereocenters. The number of rotatable bonds is 0. The summed E-state index contributed by atoms with van der Waals surface area (Å²) >= 11 is 0. The fraction of sp³-hybridized carbons (Fsp3) is 1.00. The molecule has 1 saturated heterocycles. The molecule has 1 saturated carbocycles. The molecule has 2 fully saturated rings. The second-order valence-electron chi connectivity index (χ2n) is 3.21. The first-order valence-corrected chi connectivity index (χ1v) is 3.79. The van der Waals surface area contributed by atoms with Crippen molar-refractivity contribution >= 4 is 0 Å². The normalized spacial score (nSPS) is 53.4. The van der Waals surface area contributed by atoms with Gasteiger partial charge in [-0.15, -0.1) is 0 Å². The maximum Gasteiger partial charge on any atom is 0.181 e. The fourth-order valence-electron chi connectivity index (χ4n) is 1.92. The zero-order chi connectivity index (χ0) is 7.14. The molecule has 2 N–H and O–H groups in total. The van der Waals surface area contributed by atoms with Crippen LogP contribution in [0, 0.1) is 5.92 Å². The molecule has 3 nitrogen and oxygen atoms in total. The Bertz CT molecular complexity index is 137. The van der Waals surface area contributed by atoms with Crippen LogP contribution in [0.25, 0.3) is 0 Å². The minimum atomic E-state index is -0.925. The molecule has 0 spiro atoms. The van der Waals surface area contributed by atoms with Crippen LogP contribution < -0.4 is 0 Å². The second kappa shape index (κ2) is 2.19. The van der Waals surface area contributed by atoms with Gasteiger partial charge in [0.1, 0.15) is 6.10 Å². The predicted molar refractivity (Wildman–Crippen MR) is 34.2 cm³/mol. The van der Waals surface area contributed by atoms with E-state index < -0.39 is 12.4 Å². The molecule has 0 aromatic heterocycles. The summed E-state index contributed by atoms with van der Waals surface area (Å²) in [6.45, 7) is 0. The van der Waals surface area contributed by atoms with Crippen LogP contribution in [0.5, 0.6) is 0 Å². The number of fused-ring (bicyclic) bond motifs is 2. The third-order valence-corrected chi connectivity index (χ3v) is 2.53. The smallest absolute Gasteiger partial charge is 0.181 e. The Kier molecular flexibility index (Phi) is 1.44. The molecule has 0 aromatic carbocycles. The number of aliphatic hydroxyl groups excluding tert-OH is 2. The van der Waals surface area contributed by atoms with Crippen molar-refractivity contribution in [2.24, 2.45) is 5.92 Å². The molecule has 1 aliphatic heterocycles. The van der Waals surface area contributed by atoms with Crippen LogP contribution in [0.15, 0.2) is 0 Å². The highest BCUT2D eigenvalue weighted by atomic mass is 16.6. The molecule has 58 valence electrons. The zero-order valence-corrected chi connectivity index (χ0v) is 5.73. The summed E-state index contributed by atoms with van der Waals surface area (Å²) in [6, 6.07) is 0. The van der Waals surface area contributed by atoms with Crippen molar-refractivity contribution in [3.05, 3.63) is 0 Å². The highest BCUT2D eigenvalue weighted by Gasteiger charge is 2.40. The Hall–Kier alpha value is -0.120. The van der Waals surface area contributed by atoms with Crippen molar-refractivity contribution in [1.82, 2.24) is 0 Å². The van der Waals surface area contributed by atoms with E-state index >= 15 is 0 Å². The number of hydrogen-bond acceptors (Lipinski definition) is 3. The largest absolute Gasteiger partial charge is 0.388 e. The van der Waals surface area contributed by atoms with E-state index in [1.165, 1.54) is 0 Å². The molecule has 0 aromatic rings. The first-order chi connectivity index (χ1) is 4.77. The monoisotopic (exact) mass is 144 g/mol. The Balaban J connectivity index is 2.09. The maximum absolute atomic E-state index is 9.29. The Labute approximate surface area is 59.6 Å². The summed E-state index contributed by atoms with van der Waals surface area (Å²) < 4.78 is 5.09. The van der Waals surface area contributed by atoms with E-state index in [-0.39, 0.29) is 12.0 Å². The minimum Gasteiger partial charge on any atom is -0.388 e. The molecular formula is C7H12O3. The quantitative estimate of drug-likeness (QED) is 0.497. The van der Waals surface area contributed by atoms with E-state index in [1.54, 1.807) is 0 Å². The first-order valence-electron chi connectivity index (χ1n) is 3.79. The average Bonchev–Trinajstić information content (AvgIpc) is 2.29. The summed E-state index contributed by atoms with van der Waals surface area (Å²) in [5.41, 5.74) is 0. The molecule has 2 aliphatic rings. The highest BCUT2D eigenvalue weighted by Crippen LogP contribution is 2.36. The van der Waals surface area contributed by atoms with Gasteiger partial charge in [-0.25, -0.2) is 0 Å². The Morgan fingerprint density at radius 2 is 2.00 bits per heavy atom. The third kappa shape index (κ3) is 0.856. The van der Waals surface area contributed by atoms with E-state index in [1.807, 2.05) is 0 Å². The van der Waals surface area contributed by atoms with Crippen LogP contribution in [-0.4, -0.2) is 28.7 Å². The van der Waals surface area contributed by atoms with E-state index in [4.69, 9.17) is 9.84 Å². The van der Waals surface area contributed by atoms with Gasteiger partial charge in [0.05, 0.1) is 6.10 Å². The van der Waals surface area contributed by atoms with Gasteiger partial charge in [-0.2, -0.15) is 0 Å². The van der Waals surface area contributed by atoms with Crippen LogP contribution in [0.3, 0.4) is 0 Å². The van der Waals surface area contributed by atoms with Gasteiger partial charge in [0, 0.05) is 0 Å². The van der Waals surface area contributed by atoms with Crippen LogP contribution in [0.2, 0.25) is 0 Å². The van der Waals surface area contributed by atoms with Gasteiger partial charge in [-0.05, 0) is 25.2 Å². The molecule has 2 rings (SSSR count). The van der Waals surface area contributed by atoms with Gasteiger partial charge in [-0.1, -0.05) is 0 Å². The van der Waals surface area contributed by atoms with Gasteiger partial charge in [0.2, 0.25) is 0 Å². The molecule has 0 radical (unpaired) electrons. The van der Waals surface area contributed by atoms with Crippen molar-refractivity contribution in [3.8, 4) is 0 Å². The van der Waals surface area contributed by atoms with Gasteiger partial charge < -0.3 is 14.9 Å².